The molecule has 22 heavy (non-hydrogen) atoms. The number of fused-ring (bicyclic) bond motifs is 3. The summed E-state index contributed by atoms with van der Waals surface area (Å²) in [6.07, 6.45) is 3.74. The fourth-order valence-electron chi connectivity index (χ4n) is 4.47. The molecule has 6 heteroatoms. The Bertz CT molecular complexity index is 658. The van der Waals surface area contributed by atoms with Crippen LogP contribution in [-0.2, 0) is 5.41 Å². The number of likely N-dealkylation sites (N-methyl/N-ethyl adjacent to an activating group) is 1. The van der Waals surface area contributed by atoms with Gasteiger partial charge in [-0.2, -0.15) is 0 Å². The second-order valence-electron chi connectivity index (χ2n) is 7.21. The van der Waals surface area contributed by atoms with E-state index in [0.717, 1.165) is 31.0 Å². The molecule has 0 amide bonds. The molecule has 1 aromatic carbocycles. The first-order chi connectivity index (χ1) is 10.4. The molecule has 3 aliphatic rings. The molecule has 0 unspecified atom stereocenters. The Balaban J connectivity index is 1.81. The van der Waals surface area contributed by atoms with Gasteiger partial charge in [-0.3, -0.25) is 15.0 Å². The number of likely N-dealkylation sites (tertiary alicyclic amines) is 1. The molecule has 1 aromatic rings. The SMILES string of the molecule is CN1c2c([N+](=O)[O-])cc(O)cc2[C@]2(C)CCN(CC3CC3)[C@H]12. The number of nitrogens with zero attached hydrogens (tertiary/aromatic N) is 3. The number of anilines is 1. The van der Waals surface area contributed by atoms with Crippen molar-refractivity contribution >= 4 is 11.4 Å². The lowest BCUT2D eigenvalue weighted by molar-refractivity contribution is -0.384. The van der Waals surface area contributed by atoms with Gasteiger partial charge in [0.25, 0.3) is 5.69 Å². The van der Waals surface area contributed by atoms with Crippen LogP contribution in [0.4, 0.5) is 11.4 Å². The minimum Gasteiger partial charge on any atom is -0.508 e. The number of phenolic OH excluding ortho intramolecular Hbond substituents is 1. The van der Waals surface area contributed by atoms with Crippen LogP contribution in [0.5, 0.6) is 5.75 Å². The van der Waals surface area contributed by atoms with Crippen molar-refractivity contribution in [3.8, 4) is 5.75 Å². The Morgan fingerprint density at radius 1 is 1.45 bits per heavy atom. The molecular weight excluding hydrogens is 282 g/mol. The summed E-state index contributed by atoms with van der Waals surface area (Å²) in [5.41, 5.74) is 1.46. The van der Waals surface area contributed by atoms with Gasteiger partial charge in [0.05, 0.1) is 17.2 Å². The van der Waals surface area contributed by atoms with Crippen LogP contribution < -0.4 is 4.90 Å². The van der Waals surface area contributed by atoms with E-state index in [1.165, 1.54) is 18.9 Å². The van der Waals surface area contributed by atoms with Crippen LogP contribution in [0.2, 0.25) is 0 Å². The highest BCUT2D eigenvalue weighted by Crippen LogP contribution is 2.55. The molecule has 4 rings (SSSR count). The van der Waals surface area contributed by atoms with Crippen molar-refractivity contribution in [2.75, 3.05) is 25.0 Å². The van der Waals surface area contributed by atoms with Crippen LogP contribution in [0.1, 0.15) is 31.7 Å². The summed E-state index contributed by atoms with van der Waals surface area (Å²) < 4.78 is 0. The normalized spacial score (nSPS) is 30.5. The summed E-state index contributed by atoms with van der Waals surface area (Å²) in [5, 5.41) is 21.3. The first-order valence-electron chi connectivity index (χ1n) is 7.90. The highest BCUT2D eigenvalue weighted by atomic mass is 16.6. The molecule has 1 aliphatic carbocycles. The predicted molar refractivity (Wildman–Crippen MR) is 83.2 cm³/mol. The molecule has 2 atom stereocenters. The summed E-state index contributed by atoms with van der Waals surface area (Å²) in [6.45, 7) is 4.28. The first-order valence-corrected chi connectivity index (χ1v) is 7.90. The predicted octanol–water partition coefficient (Wildman–Crippen LogP) is 2.45. The second-order valence-corrected chi connectivity index (χ2v) is 7.21. The van der Waals surface area contributed by atoms with Gasteiger partial charge in [0.15, 0.2) is 0 Å². The van der Waals surface area contributed by atoms with Crippen molar-refractivity contribution in [3.05, 3.63) is 27.8 Å². The summed E-state index contributed by atoms with van der Waals surface area (Å²) in [6, 6.07) is 2.99. The van der Waals surface area contributed by atoms with Crippen LogP contribution in [0.3, 0.4) is 0 Å². The molecule has 118 valence electrons. The minimum atomic E-state index is -0.384. The van der Waals surface area contributed by atoms with Crippen molar-refractivity contribution in [1.29, 1.82) is 0 Å². The largest absolute Gasteiger partial charge is 0.508 e. The van der Waals surface area contributed by atoms with Gasteiger partial charge in [-0.05, 0) is 36.8 Å². The molecule has 0 bridgehead atoms. The van der Waals surface area contributed by atoms with Crippen LogP contribution >= 0.6 is 0 Å². The minimum absolute atomic E-state index is 0.0126. The topological polar surface area (TPSA) is 69.8 Å². The summed E-state index contributed by atoms with van der Waals surface area (Å²) >= 11 is 0. The zero-order chi connectivity index (χ0) is 15.6. The van der Waals surface area contributed by atoms with E-state index in [2.05, 4.69) is 16.7 Å². The molecule has 2 fully saturated rings. The summed E-state index contributed by atoms with van der Waals surface area (Å²) in [5.74, 6) is 0.782. The number of hydrogen-bond acceptors (Lipinski definition) is 5. The molecule has 2 heterocycles. The lowest BCUT2D eigenvalue weighted by atomic mass is 9.81. The smallest absolute Gasteiger partial charge is 0.296 e. The maximum atomic E-state index is 11.4. The third kappa shape index (κ3) is 1.76. The van der Waals surface area contributed by atoms with Gasteiger partial charge in [-0.1, -0.05) is 6.92 Å². The van der Waals surface area contributed by atoms with E-state index < -0.39 is 0 Å². The van der Waals surface area contributed by atoms with E-state index >= 15 is 0 Å². The second kappa shape index (κ2) is 4.35. The van der Waals surface area contributed by atoms with Gasteiger partial charge in [-0.15, -0.1) is 0 Å². The summed E-state index contributed by atoms with van der Waals surface area (Å²) in [4.78, 5) is 15.6. The zero-order valence-corrected chi connectivity index (χ0v) is 13.0. The van der Waals surface area contributed by atoms with Gasteiger partial charge in [0.1, 0.15) is 11.4 Å². The molecule has 6 nitrogen and oxygen atoms in total. The number of benzene rings is 1. The Labute approximate surface area is 129 Å². The number of aromatic hydroxyl groups is 1. The average Bonchev–Trinajstić information content (AvgIpc) is 3.16. The number of hydrogen-bond donors (Lipinski definition) is 1. The Morgan fingerprint density at radius 2 is 2.18 bits per heavy atom. The Kier molecular flexibility index (Phi) is 2.73. The van der Waals surface area contributed by atoms with Crippen molar-refractivity contribution in [1.82, 2.24) is 4.90 Å². The van der Waals surface area contributed by atoms with E-state index in [1.54, 1.807) is 6.07 Å². The van der Waals surface area contributed by atoms with Crippen LogP contribution in [0, 0.1) is 16.0 Å². The number of rotatable bonds is 3. The van der Waals surface area contributed by atoms with Crippen LogP contribution in [-0.4, -0.2) is 41.2 Å². The fraction of sp³-hybridized carbons (Fsp3) is 0.625. The zero-order valence-electron chi connectivity index (χ0n) is 13.0. The van der Waals surface area contributed by atoms with E-state index in [9.17, 15) is 15.2 Å². The van der Waals surface area contributed by atoms with Crippen molar-refractivity contribution in [3.63, 3.8) is 0 Å². The number of nitro benzene ring substituents is 1. The van der Waals surface area contributed by atoms with Crippen molar-refractivity contribution < 1.29 is 10.0 Å². The third-order valence-electron chi connectivity index (χ3n) is 5.63. The maximum absolute atomic E-state index is 11.4. The Morgan fingerprint density at radius 3 is 2.82 bits per heavy atom. The lowest BCUT2D eigenvalue weighted by Gasteiger charge is -2.34. The monoisotopic (exact) mass is 303 g/mol. The van der Waals surface area contributed by atoms with Crippen molar-refractivity contribution in [2.45, 2.75) is 37.8 Å². The molecule has 0 spiro atoms. The van der Waals surface area contributed by atoms with Crippen LogP contribution in [0.25, 0.3) is 0 Å². The molecule has 1 saturated carbocycles. The van der Waals surface area contributed by atoms with Gasteiger partial charge < -0.3 is 10.0 Å². The van der Waals surface area contributed by atoms with E-state index in [0.29, 0.717) is 5.69 Å². The molecule has 1 N–H and O–H groups in total. The maximum Gasteiger partial charge on any atom is 0.296 e. The van der Waals surface area contributed by atoms with Gasteiger partial charge in [0.2, 0.25) is 0 Å². The highest BCUT2D eigenvalue weighted by Gasteiger charge is 2.56. The van der Waals surface area contributed by atoms with Gasteiger partial charge >= 0.3 is 0 Å². The Hall–Kier alpha value is -1.82. The van der Waals surface area contributed by atoms with Gasteiger partial charge in [0, 0.05) is 25.6 Å². The van der Waals surface area contributed by atoms with E-state index in [1.807, 2.05) is 7.05 Å². The average molecular weight is 303 g/mol. The van der Waals surface area contributed by atoms with Crippen molar-refractivity contribution in [2.24, 2.45) is 5.92 Å². The first kappa shape index (κ1) is 13.8. The third-order valence-corrected chi connectivity index (χ3v) is 5.63. The van der Waals surface area contributed by atoms with Crippen LogP contribution in [0.15, 0.2) is 12.1 Å². The number of nitro groups is 1. The molecule has 0 radical (unpaired) electrons. The van der Waals surface area contributed by atoms with Gasteiger partial charge in [-0.25, -0.2) is 0 Å². The quantitative estimate of drug-likeness (QED) is 0.686. The summed E-state index contributed by atoms with van der Waals surface area (Å²) in [7, 11) is 1.95. The number of phenols is 1. The molecule has 0 aromatic heterocycles. The van der Waals surface area contributed by atoms with E-state index in [4.69, 9.17) is 0 Å². The molecular formula is C16H21N3O3. The molecule has 2 aliphatic heterocycles. The fourth-order valence-corrected chi connectivity index (χ4v) is 4.47. The standard InChI is InChI=1S/C16H21N3O3/c1-16-5-6-18(9-10-3-4-10)15(16)17(2)14-12(16)7-11(20)8-13(14)19(21)22/h7-8,10,15,20H,3-6,9H2,1-2H3/t15-,16-/m0/s1. The lowest BCUT2D eigenvalue weighted by Crippen LogP contribution is -2.47. The molecule has 1 saturated heterocycles. The van der Waals surface area contributed by atoms with E-state index in [-0.39, 0.29) is 27.9 Å². The highest BCUT2D eigenvalue weighted by molar-refractivity contribution is 5.76.